The molecule has 50 valence electrons. The van der Waals surface area contributed by atoms with Crippen molar-refractivity contribution in [2.45, 2.75) is 6.17 Å². The zero-order chi connectivity index (χ0) is 6.10. The van der Waals surface area contributed by atoms with Gasteiger partial charge < -0.3 is 5.32 Å². The van der Waals surface area contributed by atoms with Gasteiger partial charge in [0.1, 0.15) is 5.84 Å². The van der Waals surface area contributed by atoms with Crippen molar-refractivity contribution in [3.8, 4) is 0 Å². The zero-order valence-electron chi connectivity index (χ0n) is 4.85. The molecular formula is C4H8N4O. The number of aliphatic imine (C=N–C) groups is 1. The third kappa shape index (κ3) is 0.787. The molecule has 2 rings (SSSR count). The summed E-state index contributed by atoms with van der Waals surface area (Å²) in [4.78, 5) is 8.68. The van der Waals surface area contributed by atoms with Crippen molar-refractivity contribution in [1.82, 2.24) is 16.3 Å². The fraction of sp³-hybridized carbons (Fsp3) is 0.750. The molecular weight excluding hydrogens is 120 g/mol. The molecule has 2 aliphatic rings. The quantitative estimate of drug-likeness (QED) is 0.396. The van der Waals surface area contributed by atoms with Crippen LogP contribution in [0.2, 0.25) is 0 Å². The number of nitrogens with zero attached hydrogens (tertiary/aromatic N) is 1. The summed E-state index contributed by atoms with van der Waals surface area (Å²) < 4.78 is 0. The maximum Gasteiger partial charge on any atom is 0.165 e. The first-order valence-electron chi connectivity index (χ1n) is 2.92. The minimum atomic E-state index is 0.0903. The second-order valence-electron chi connectivity index (χ2n) is 1.96. The van der Waals surface area contributed by atoms with Crippen molar-refractivity contribution < 1.29 is 4.94 Å². The highest BCUT2D eigenvalue weighted by atomic mass is 16.8. The molecule has 0 aliphatic carbocycles. The Hall–Kier alpha value is -0.650. The summed E-state index contributed by atoms with van der Waals surface area (Å²) in [5.41, 5.74) is 5.37. The lowest BCUT2D eigenvalue weighted by Gasteiger charge is -2.27. The molecule has 5 nitrogen and oxygen atoms in total. The van der Waals surface area contributed by atoms with Crippen molar-refractivity contribution in [2.75, 3.05) is 13.1 Å². The largest absolute Gasteiger partial charge is 0.369 e. The lowest BCUT2D eigenvalue weighted by atomic mass is 10.5. The van der Waals surface area contributed by atoms with E-state index in [-0.39, 0.29) is 6.17 Å². The average molecular weight is 128 g/mol. The summed E-state index contributed by atoms with van der Waals surface area (Å²) in [6.07, 6.45) is 0.0903. The van der Waals surface area contributed by atoms with Gasteiger partial charge in [-0.2, -0.15) is 11.0 Å². The molecule has 0 spiro atoms. The van der Waals surface area contributed by atoms with E-state index in [1.807, 2.05) is 0 Å². The SMILES string of the molecule is C1CNC(C2NON2)=N1. The number of hydroxylamine groups is 2. The molecule has 0 amide bonds. The van der Waals surface area contributed by atoms with E-state index in [0.29, 0.717) is 0 Å². The normalized spacial score (nSPS) is 26.9. The standard InChI is InChI=1S/C4H8N4O/c1-2-6-3(5-1)4-7-9-8-4/h4,7-8H,1-2H2,(H,5,6). The molecule has 5 heteroatoms. The van der Waals surface area contributed by atoms with Crippen molar-refractivity contribution in [2.24, 2.45) is 4.99 Å². The van der Waals surface area contributed by atoms with Gasteiger partial charge in [-0.05, 0) is 0 Å². The van der Waals surface area contributed by atoms with Crippen molar-refractivity contribution in [3.05, 3.63) is 0 Å². The Balaban J connectivity index is 1.95. The second-order valence-corrected chi connectivity index (χ2v) is 1.96. The molecule has 0 aromatic heterocycles. The maximum atomic E-state index is 4.53. The van der Waals surface area contributed by atoms with Crippen LogP contribution in [0, 0.1) is 0 Å². The summed E-state index contributed by atoms with van der Waals surface area (Å²) in [7, 11) is 0. The van der Waals surface area contributed by atoms with Gasteiger partial charge in [0.05, 0.1) is 6.54 Å². The minimum absolute atomic E-state index is 0.0903. The molecule has 0 atom stereocenters. The summed E-state index contributed by atoms with van der Waals surface area (Å²) in [6.45, 7) is 1.81. The Morgan fingerprint density at radius 1 is 1.56 bits per heavy atom. The molecule has 0 radical (unpaired) electrons. The van der Waals surface area contributed by atoms with Gasteiger partial charge in [0.25, 0.3) is 0 Å². The van der Waals surface area contributed by atoms with E-state index >= 15 is 0 Å². The molecule has 1 saturated heterocycles. The topological polar surface area (TPSA) is 57.7 Å². The fourth-order valence-electron chi connectivity index (χ4n) is 0.839. The third-order valence-electron chi connectivity index (χ3n) is 1.33. The summed E-state index contributed by atoms with van der Waals surface area (Å²) >= 11 is 0. The fourth-order valence-corrected chi connectivity index (χ4v) is 0.839. The van der Waals surface area contributed by atoms with Crippen LogP contribution in [0.1, 0.15) is 0 Å². The van der Waals surface area contributed by atoms with Crippen LogP contribution in [0.15, 0.2) is 4.99 Å². The predicted octanol–water partition coefficient (Wildman–Crippen LogP) is -1.65. The van der Waals surface area contributed by atoms with Gasteiger partial charge in [-0.25, -0.2) is 4.94 Å². The summed E-state index contributed by atoms with van der Waals surface area (Å²) in [5, 5.41) is 3.10. The van der Waals surface area contributed by atoms with Crippen LogP contribution in [-0.4, -0.2) is 25.1 Å². The Kier molecular flexibility index (Phi) is 1.11. The molecule has 9 heavy (non-hydrogen) atoms. The first-order valence-corrected chi connectivity index (χ1v) is 2.92. The molecule has 0 bridgehead atoms. The molecule has 3 N–H and O–H groups in total. The molecule has 2 heterocycles. The average Bonchev–Trinajstić information content (AvgIpc) is 2.11. The zero-order valence-corrected chi connectivity index (χ0v) is 4.85. The molecule has 0 unspecified atom stereocenters. The molecule has 1 fully saturated rings. The summed E-state index contributed by atoms with van der Waals surface area (Å²) in [6, 6.07) is 0. The highest BCUT2D eigenvalue weighted by molar-refractivity contribution is 5.88. The van der Waals surface area contributed by atoms with E-state index in [1.54, 1.807) is 0 Å². The van der Waals surface area contributed by atoms with E-state index in [0.717, 1.165) is 18.9 Å². The predicted molar refractivity (Wildman–Crippen MR) is 31.4 cm³/mol. The monoisotopic (exact) mass is 128 g/mol. The Morgan fingerprint density at radius 3 is 2.89 bits per heavy atom. The Labute approximate surface area is 52.4 Å². The molecule has 0 aromatic carbocycles. The maximum absolute atomic E-state index is 4.53. The lowest BCUT2D eigenvalue weighted by Crippen LogP contribution is -2.63. The van der Waals surface area contributed by atoms with E-state index < -0.39 is 0 Å². The van der Waals surface area contributed by atoms with E-state index in [9.17, 15) is 0 Å². The van der Waals surface area contributed by atoms with Crippen molar-refractivity contribution >= 4 is 5.84 Å². The number of hydrogen-bond donors (Lipinski definition) is 3. The lowest BCUT2D eigenvalue weighted by molar-refractivity contribution is -0.168. The summed E-state index contributed by atoms with van der Waals surface area (Å²) in [5.74, 6) is 0.946. The second kappa shape index (κ2) is 1.94. The first-order chi connectivity index (χ1) is 4.47. The van der Waals surface area contributed by atoms with Crippen LogP contribution >= 0.6 is 0 Å². The number of nitrogens with one attached hydrogen (secondary N) is 3. The highest BCUT2D eigenvalue weighted by Gasteiger charge is 2.24. The number of hydrogen-bond acceptors (Lipinski definition) is 5. The third-order valence-corrected chi connectivity index (χ3v) is 1.33. The van der Waals surface area contributed by atoms with E-state index in [1.165, 1.54) is 0 Å². The van der Waals surface area contributed by atoms with Gasteiger partial charge >= 0.3 is 0 Å². The van der Waals surface area contributed by atoms with Gasteiger partial charge in [0, 0.05) is 6.54 Å². The van der Waals surface area contributed by atoms with Crippen LogP contribution < -0.4 is 16.3 Å². The van der Waals surface area contributed by atoms with Crippen LogP contribution in [0.3, 0.4) is 0 Å². The Bertz CT molecular complexity index is 142. The van der Waals surface area contributed by atoms with E-state index in [4.69, 9.17) is 0 Å². The van der Waals surface area contributed by atoms with Gasteiger partial charge in [-0.3, -0.25) is 4.99 Å². The number of rotatable bonds is 1. The first kappa shape index (κ1) is 5.16. The minimum Gasteiger partial charge on any atom is -0.369 e. The molecule has 2 aliphatic heterocycles. The van der Waals surface area contributed by atoms with Gasteiger partial charge in [0.2, 0.25) is 0 Å². The van der Waals surface area contributed by atoms with Crippen LogP contribution in [0.25, 0.3) is 0 Å². The Morgan fingerprint density at radius 2 is 2.44 bits per heavy atom. The van der Waals surface area contributed by atoms with Gasteiger partial charge in [-0.15, -0.1) is 0 Å². The molecule has 0 saturated carbocycles. The van der Waals surface area contributed by atoms with Crippen LogP contribution in [0.5, 0.6) is 0 Å². The highest BCUT2D eigenvalue weighted by Crippen LogP contribution is 1.94. The van der Waals surface area contributed by atoms with Gasteiger partial charge in [-0.1, -0.05) is 0 Å². The van der Waals surface area contributed by atoms with Crippen LogP contribution in [0.4, 0.5) is 0 Å². The number of amidine groups is 1. The smallest absolute Gasteiger partial charge is 0.165 e. The van der Waals surface area contributed by atoms with Gasteiger partial charge in [0.15, 0.2) is 6.17 Å². The van der Waals surface area contributed by atoms with E-state index in [2.05, 4.69) is 26.2 Å². The van der Waals surface area contributed by atoms with Crippen molar-refractivity contribution in [1.29, 1.82) is 0 Å². The molecule has 0 aromatic rings. The van der Waals surface area contributed by atoms with Crippen molar-refractivity contribution in [3.63, 3.8) is 0 Å². The van der Waals surface area contributed by atoms with Crippen LogP contribution in [-0.2, 0) is 4.94 Å².